The van der Waals surface area contributed by atoms with Crippen molar-refractivity contribution >= 4 is 34.7 Å². The van der Waals surface area contributed by atoms with E-state index in [-0.39, 0.29) is 23.6 Å². The fourth-order valence-electron chi connectivity index (χ4n) is 4.69. The van der Waals surface area contributed by atoms with Crippen LogP contribution in [0.15, 0.2) is 24.7 Å². The Kier molecular flexibility index (Phi) is 6.98. The van der Waals surface area contributed by atoms with Gasteiger partial charge in [-0.15, -0.1) is 0 Å². The van der Waals surface area contributed by atoms with Crippen LogP contribution >= 0.6 is 11.6 Å². The number of imidazole rings is 1. The van der Waals surface area contributed by atoms with Crippen LogP contribution in [0.1, 0.15) is 59.1 Å². The number of hydrogen-bond donors (Lipinski definition) is 1. The zero-order chi connectivity index (χ0) is 25.3. The highest BCUT2D eigenvalue weighted by Crippen LogP contribution is 2.31. The number of ether oxygens (including phenoxy) is 2. The molecule has 0 aliphatic carbocycles. The van der Waals surface area contributed by atoms with Gasteiger partial charge in [-0.1, -0.05) is 0 Å². The predicted octanol–water partition coefficient (Wildman–Crippen LogP) is 4.73. The minimum atomic E-state index is -0.502. The molecule has 192 valence electrons. The molecule has 1 amide bonds. The highest BCUT2D eigenvalue weighted by Gasteiger charge is 2.25. The number of anilines is 1. The van der Waals surface area contributed by atoms with Gasteiger partial charge in [0.05, 0.1) is 6.33 Å². The van der Waals surface area contributed by atoms with Gasteiger partial charge in [0.2, 0.25) is 5.28 Å². The molecule has 36 heavy (non-hydrogen) atoms. The second kappa shape index (κ2) is 10.2. The number of hydrogen-bond acceptors (Lipinski definition) is 8. The fraction of sp³-hybridized carbons (Fsp3) is 0.560. The summed E-state index contributed by atoms with van der Waals surface area (Å²) in [6.07, 6.45) is 7.85. The van der Waals surface area contributed by atoms with E-state index in [9.17, 15) is 4.79 Å². The number of carbonyl (C=O) groups is 1. The topological polar surface area (TPSA) is 107 Å². The van der Waals surface area contributed by atoms with Gasteiger partial charge in [-0.3, -0.25) is 4.57 Å². The molecule has 5 heterocycles. The van der Waals surface area contributed by atoms with E-state index >= 15 is 0 Å². The molecule has 3 aromatic rings. The van der Waals surface area contributed by atoms with Gasteiger partial charge < -0.3 is 19.7 Å². The van der Waals surface area contributed by atoms with E-state index in [2.05, 4.69) is 25.2 Å². The van der Waals surface area contributed by atoms with E-state index < -0.39 is 5.60 Å². The van der Waals surface area contributed by atoms with Crippen molar-refractivity contribution in [3.8, 4) is 11.3 Å². The molecule has 1 N–H and O–H groups in total. The zero-order valence-electron chi connectivity index (χ0n) is 20.9. The van der Waals surface area contributed by atoms with Gasteiger partial charge in [-0.05, 0) is 76.6 Å². The van der Waals surface area contributed by atoms with Gasteiger partial charge in [0.1, 0.15) is 28.9 Å². The van der Waals surface area contributed by atoms with E-state index in [1.165, 1.54) is 0 Å². The number of aromatic nitrogens is 5. The molecule has 0 aromatic carbocycles. The number of piperidine rings is 1. The van der Waals surface area contributed by atoms with Gasteiger partial charge in [-0.25, -0.2) is 19.7 Å². The molecular formula is C25H32ClN7O3. The van der Waals surface area contributed by atoms with Crippen LogP contribution in [0.25, 0.3) is 22.4 Å². The summed E-state index contributed by atoms with van der Waals surface area (Å²) in [5.74, 6) is 0.881. The van der Waals surface area contributed by atoms with E-state index in [0.29, 0.717) is 16.9 Å². The Labute approximate surface area is 215 Å². The first-order valence-corrected chi connectivity index (χ1v) is 12.9. The Morgan fingerprint density at radius 2 is 1.94 bits per heavy atom. The summed E-state index contributed by atoms with van der Waals surface area (Å²) in [6, 6.07) is 4.07. The lowest BCUT2D eigenvalue weighted by Gasteiger charge is -2.33. The monoisotopic (exact) mass is 513 g/mol. The van der Waals surface area contributed by atoms with Crippen LogP contribution < -0.4 is 10.2 Å². The second-order valence-electron chi connectivity index (χ2n) is 10.3. The normalized spacial score (nSPS) is 19.4. The molecule has 0 spiro atoms. The Morgan fingerprint density at radius 1 is 1.14 bits per heavy atom. The summed E-state index contributed by atoms with van der Waals surface area (Å²) in [4.78, 5) is 32.5. The third-order valence-corrected chi connectivity index (χ3v) is 6.59. The Morgan fingerprint density at radius 3 is 2.61 bits per heavy atom. The number of pyridine rings is 1. The molecule has 10 nitrogen and oxygen atoms in total. The molecule has 5 rings (SSSR count). The van der Waals surface area contributed by atoms with Crippen molar-refractivity contribution in [1.82, 2.24) is 29.8 Å². The third kappa shape index (κ3) is 5.54. The number of halogens is 1. The molecule has 2 saturated heterocycles. The van der Waals surface area contributed by atoms with Crippen molar-refractivity contribution in [1.29, 1.82) is 0 Å². The first kappa shape index (κ1) is 24.7. The highest BCUT2D eigenvalue weighted by atomic mass is 35.5. The number of fused-ring (bicyclic) bond motifs is 1. The standard InChI is InChI=1S/C25H32ClN7O3/c1-25(2,3)36-24(34)29-17-9-11-32(12-10-17)18-8-7-16(14-27-18)20-21-22(31-23(26)30-20)33(15-28-21)19-6-4-5-13-35-19/h7-8,14-15,17,19H,4-6,9-13H2,1-3H3,(H,29,34). The number of alkyl carbamates (subject to hydrolysis) is 1. The van der Waals surface area contributed by atoms with E-state index in [1.807, 2.05) is 37.5 Å². The van der Waals surface area contributed by atoms with Crippen molar-refractivity contribution in [2.75, 3.05) is 24.6 Å². The average Bonchev–Trinajstić information content (AvgIpc) is 3.27. The molecule has 0 radical (unpaired) electrons. The van der Waals surface area contributed by atoms with E-state index in [0.717, 1.165) is 63.2 Å². The highest BCUT2D eigenvalue weighted by molar-refractivity contribution is 6.28. The molecule has 0 bridgehead atoms. The number of rotatable bonds is 4. The summed E-state index contributed by atoms with van der Waals surface area (Å²) in [5, 5.41) is 3.14. The third-order valence-electron chi connectivity index (χ3n) is 6.42. The number of nitrogens with one attached hydrogen (secondary N) is 1. The van der Waals surface area contributed by atoms with E-state index in [4.69, 9.17) is 26.1 Å². The summed E-state index contributed by atoms with van der Waals surface area (Å²) < 4.78 is 13.2. The Bertz CT molecular complexity index is 1210. The summed E-state index contributed by atoms with van der Waals surface area (Å²) >= 11 is 6.31. The molecule has 0 saturated carbocycles. The summed E-state index contributed by atoms with van der Waals surface area (Å²) in [6.45, 7) is 7.91. The zero-order valence-corrected chi connectivity index (χ0v) is 21.7. The number of amides is 1. The molecule has 2 fully saturated rings. The summed E-state index contributed by atoms with van der Waals surface area (Å²) in [7, 11) is 0. The van der Waals surface area contributed by atoms with Gasteiger partial charge in [0.15, 0.2) is 5.65 Å². The lowest BCUT2D eigenvalue weighted by atomic mass is 10.1. The number of carbonyl (C=O) groups excluding carboxylic acids is 1. The van der Waals surface area contributed by atoms with Crippen molar-refractivity contribution in [3.05, 3.63) is 29.9 Å². The SMILES string of the molecule is CC(C)(C)OC(=O)NC1CCN(c2ccc(-c3nc(Cl)nc4c3ncn4C3CCCCO3)cn2)CC1. The molecule has 11 heteroatoms. The van der Waals surface area contributed by atoms with Crippen LogP contribution in [0.5, 0.6) is 0 Å². The van der Waals surface area contributed by atoms with Gasteiger partial charge in [0.25, 0.3) is 0 Å². The van der Waals surface area contributed by atoms with Crippen LogP contribution in [-0.2, 0) is 9.47 Å². The lowest BCUT2D eigenvalue weighted by Crippen LogP contribution is -2.46. The van der Waals surface area contributed by atoms with Gasteiger partial charge in [-0.2, -0.15) is 4.98 Å². The largest absolute Gasteiger partial charge is 0.444 e. The van der Waals surface area contributed by atoms with Crippen LogP contribution in [0, 0.1) is 0 Å². The van der Waals surface area contributed by atoms with Crippen LogP contribution in [0.2, 0.25) is 5.28 Å². The van der Waals surface area contributed by atoms with Crippen molar-refractivity contribution < 1.29 is 14.3 Å². The maximum atomic E-state index is 12.1. The number of nitrogens with zero attached hydrogens (tertiary/aromatic N) is 6. The lowest BCUT2D eigenvalue weighted by molar-refractivity contribution is -0.0298. The van der Waals surface area contributed by atoms with Crippen LogP contribution in [0.3, 0.4) is 0 Å². The Balaban J connectivity index is 1.27. The average molecular weight is 514 g/mol. The molecule has 1 atom stereocenters. The first-order chi connectivity index (χ1) is 17.3. The van der Waals surface area contributed by atoms with Crippen molar-refractivity contribution in [2.45, 2.75) is 70.7 Å². The first-order valence-electron chi connectivity index (χ1n) is 12.5. The molecular weight excluding hydrogens is 482 g/mol. The minimum Gasteiger partial charge on any atom is -0.444 e. The fourth-order valence-corrected chi connectivity index (χ4v) is 4.85. The maximum Gasteiger partial charge on any atom is 0.407 e. The van der Waals surface area contributed by atoms with Crippen molar-refractivity contribution in [3.63, 3.8) is 0 Å². The smallest absolute Gasteiger partial charge is 0.407 e. The predicted molar refractivity (Wildman–Crippen MR) is 137 cm³/mol. The molecule has 1 unspecified atom stereocenters. The van der Waals surface area contributed by atoms with Crippen LogP contribution in [0.4, 0.5) is 10.6 Å². The summed E-state index contributed by atoms with van der Waals surface area (Å²) in [5.41, 5.74) is 2.32. The quantitative estimate of drug-likeness (QED) is 0.499. The molecule has 2 aliphatic rings. The molecule has 2 aliphatic heterocycles. The molecule has 3 aromatic heterocycles. The van der Waals surface area contributed by atoms with E-state index in [1.54, 1.807) is 12.5 Å². The maximum absolute atomic E-state index is 12.1. The van der Waals surface area contributed by atoms with Gasteiger partial charge >= 0.3 is 6.09 Å². The van der Waals surface area contributed by atoms with Crippen molar-refractivity contribution in [2.24, 2.45) is 0 Å². The Hall–Kier alpha value is -2.98. The van der Waals surface area contributed by atoms with Crippen LogP contribution in [-0.4, -0.2) is 61.9 Å². The second-order valence-corrected chi connectivity index (χ2v) is 10.6. The minimum absolute atomic E-state index is 0.0872. The van der Waals surface area contributed by atoms with Gasteiger partial charge in [0, 0.05) is 37.5 Å².